The van der Waals surface area contributed by atoms with Gasteiger partial charge in [-0.05, 0) is 31.3 Å². The molecule has 0 bridgehead atoms. The molecule has 0 radical (unpaired) electrons. The minimum absolute atomic E-state index is 0.218. The molecular formula is C18H34N4O7S. The van der Waals surface area contributed by atoms with Gasteiger partial charge in [0.25, 0.3) is 0 Å². The number of aliphatic hydroxyl groups excluding tert-OH is 2. The molecule has 0 aromatic carbocycles. The Balaban J connectivity index is 5.37. The lowest BCUT2D eigenvalue weighted by Gasteiger charge is -2.27. The Hall–Kier alpha value is -1.89. The smallest absolute Gasteiger partial charge is 0.326 e. The van der Waals surface area contributed by atoms with E-state index in [-0.39, 0.29) is 12.3 Å². The van der Waals surface area contributed by atoms with Crippen molar-refractivity contribution in [1.29, 1.82) is 0 Å². The first-order valence-electron chi connectivity index (χ1n) is 9.67. The number of carboxylic acids is 1. The number of carboxylic acid groups (broad SMARTS) is 1. The third-order valence-electron chi connectivity index (χ3n) is 4.62. The summed E-state index contributed by atoms with van der Waals surface area (Å²) < 4.78 is 0. The van der Waals surface area contributed by atoms with Crippen molar-refractivity contribution in [2.75, 3.05) is 18.6 Å². The molecule has 11 nitrogen and oxygen atoms in total. The number of nitrogens with two attached hydrogens (primary N) is 1. The molecule has 0 heterocycles. The van der Waals surface area contributed by atoms with E-state index >= 15 is 0 Å². The summed E-state index contributed by atoms with van der Waals surface area (Å²) in [5.41, 5.74) is 5.46. The molecule has 3 amide bonds. The van der Waals surface area contributed by atoms with Gasteiger partial charge < -0.3 is 37.0 Å². The van der Waals surface area contributed by atoms with Crippen LogP contribution in [0.15, 0.2) is 0 Å². The summed E-state index contributed by atoms with van der Waals surface area (Å²) >= 11 is 1.43. The van der Waals surface area contributed by atoms with E-state index in [0.717, 1.165) is 0 Å². The standard InChI is InChI=1S/C18H34N4O7S/c1-5-9(2)13(18(28)29)21-17(27)14(10(3)24)22-16(26)12(6-7-30-4)20-15(25)11(19)8-23/h9-14,23-24H,5-8,19H2,1-4H3,(H,20,25)(H,21,27)(H,22,26)(H,28,29). The van der Waals surface area contributed by atoms with Crippen molar-refractivity contribution in [2.45, 2.75) is 63.9 Å². The van der Waals surface area contributed by atoms with Crippen molar-refractivity contribution < 1.29 is 34.5 Å². The largest absolute Gasteiger partial charge is 0.480 e. The molecule has 0 aromatic heterocycles. The maximum atomic E-state index is 12.7. The zero-order valence-electron chi connectivity index (χ0n) is 17.8. The highest BCUT2D eigenvalue weighted by Gasteiger charge is 2.33. The number of nitrogens with one attached hydrogen (secondary N) is 3. The van der Waals surface area contributed by atoms with Crippen LogP contribution in [0.3, 0.4) is 0 Å². The van der Waals surface area contributed by atoms with Crippen LogP contribution in [0.2, 0.25) is 0 Å². The average molecular weight is 451 g/mol. The molecule has 0 aliphatic carbocycles. The monoisotopic (exact) mass is 450 g/mol. The van der Waals surface area contributed by atoms with Crippen LogP contribution in [0.25, 0.3) is 0 Å². The first-order valence-corrected chi connectivity index (χ1v) is 11.1. The fraction of sp³-hybridized carbons (Fsp3) is 0.778. The van der Waals surface area contributed by atoms with Gasteiger partial charge >= 0.3 is 5.97 Å². The third kappa shape index (κ3) is 9.28. The Kier molecular flexibility index (Phi) is 13.3. The van der Waals surface area contributed by atoms with Crippen LogP contribution in [0, 0.1) is 5.92 Å². The Morgan fingerprint density at radius 3 is 2.00 bits per heavy atom. The number of thioether (sulfide) groups is 1. The predicted molar refractivity (Wildman–Crippen MR) is 113 cm³/mol. The van der Waals surface area contributed by atoms with E-state index in [9.17, 15) is 29.4 Å². The molecule has 0 spiro atoms. The molecule has 6 atom stereocenters. The van der Waals surface area contributed by atoms with E-state index in [1.54, 1.807) is 13.8 Å². The minimum Gasteiger partial charge on any atom is -0.480 e. The molecule has 0 fully saturated rings. The summed E-state index contributed by atoms with van der Waals surface area (Å²) in [6.45, 7) is 4.11. The predicted octanol–water partition coefficient (Wildman–Crippen LogP) is -1.97. The molecule has 0 aliphatic rings. The van der Waals surface area contributed by atoms with Crippen molar-refractivity contribution >= 4 is 35.5 Å². The second-order valence-electron chi connectivity index (χ2n) is 7.07. The Morgan fingerprint density at radius 1 is 1.00 bits per heavy atom. The summed E-state index contributed by atoms with van der Waals surface area (Å²) in [5.74, 6) is -3.42. The zero-order chi connectivity index (χ0) is 23.4. The Labute approximate surface area is 180 Å². The van der Waals surface area contributed by atoms with Gasteiger partial charge in [-0.25, -0.2) is 4.79 Å². The highest BCUT2D eigenvalue weighted by molar-refractivity contribution is 7.98. The van der Waals surface area contributed by atoms with Crippen molar-refractivity contribution in [1.82, 2.24) is 16.0 Å². The molecular weight excluding hydrogens is 416 g/mol. The van der Waals surface area contributed by atoms with E-state index in [4.69, 9.17) is 10.8 Å². The fourth-order valence-electron chi connectivity index (χ4n) is 2.45. The lowest BCUT2D eigenvalue weighted by atomic mass is 9.98. The van der Waals surface area contributed by atoms with Gasteiger partial charge in [-0.3, -0.25) is 14.4 Å². The maximum absolute atomic E-state index is 12.7. The highest BCUT2D eigenvalue weighted by Crippen LogP contribution is 2.09. The van der Waals surface area contributed by atoms with Gasteiger partial charge in [0.2, 0.25) is 17.7 Å². The number of hydrogen-bond donors (Lipinski definition) is 7. The van der Waals surface area contributed by atoms with Crippen LogP contribution in [-0.2, 0) is 19.2 Å². The average Bonchev–Trinajstić information content (AvgIpc) is 2.70. The molecule has 0 aromatic rings. The first kappa shape index (κ1) is 28.1. The fourth-order valence-corrected chi connectivity index (χ4v) is 2.92. The summed E-state index contributed by atoms with van der Waals surface area (Å²) in [6, 6.07) is -4.88. The number of hydrogen-bond acceptors (Lipinski definition) is 8. The van der Waals surface area contributed by atoms with Crippen molar-refractivity contribution in [3.63, 3.8) is 0 Å². The minimum atomic E-state index is -1.43. The molecule has 174 valence electrons. The van der Waals surface area contributed by atoms with Gasteiger partial charge in [-0.15, -0.1) is 0 Å². The number of aliphatic hydroxyl groups is 2. The Bertz CT molecular complexity index is 591. The highest BCUT2D eigenvalue weighted by atomic mass is 32.2. The van der Waals surface area contributed by atoms with Gasteiger partial charge in [-0.1, -0.05) is 20.3 Å². The molecule has 0 saturated carbocycles. The quantitative estimate of drug-likeness (QED) is 0.157. The van der Waals surface area contributed by atoms with Crippen LogP contribution in [0.1, 0.15) is 33.6 Å². The summed E-state index contributed by atoms with van der Waals surface area (Å²) in [6.07, 6.45) is 1.20. The van der Waals surface area contributed by atoms with Crippen LogP contribution < -0.4 is 21.7 Å². The molecule has 12 heteroatoms. The summed E-state index contributed by atoms with van der Waals surface area (Å²) in [4.78, 5) is 48.7. The van der Waals surface area contributed by atoms with Crippen molar-refractivity contribution in [3.8, 4) is 0 Å². The second-order valence-corrected chi connectivity index (χ2v) is 8.05. The van der Waals surface area contributed by atoms with E-state index < -0.39 is 60.6 Å². The summed E-state index contributed by atoms with van der Waals surface area (Å²) in [7, 11) is 0. The van der Waals surface area contributed by atoms with Gasteiger partial charge in [0.1, 0.15) is 24.2 Å². The molecule has 0 saturated heterocycles. The number of amides is 3. The molecule has 8 N–H and O–H groups in total. The first-order chi connectivity index (χ1) is 14.0. The van der Waals surface area contributed by atoms with Crippen LogP contribution in [0.5, 0.6) is 0 Å². The third-order valence-corrected chi connectivity index (χ3v) is 5.26. The Morgan fingerprint density at radius 2 is 1.57 bits per heavy atom. The van der Waals surface area contributed by atoms with E-state index in [1.807, 2.05) is 6.26 Å². The normalized spacial score (nSPS) is 17.0. The topological polar surface area (TPSA) is 191 Å². The number of aliphatic carboxylic acids is 1. The summed E-state index contributed by atoms with van der Waals surface area (Å²) in [5, 5.41) is 35.4. The van der Waals surface area contributed by atoms with Gasteiger partial charge in [-0.2, -0.15) is 11.8 Å². The van der Waals surface area contributed by atoms with E-state index in [1.165, 1.54) is 18.7 Å². The van der Waals surface area contributed by atoms with Crippen molar-refractivity contribution in [2.24, 2.45) is 11.7 Å². The maximum Gasteiger partial charge on any atom is 0.326 e. The van der Waals surface area contributed by atoms with E-state index in [2.05, 4.69) is 16.0 Å². The molecule has 0 rings (SSSR count). The molecule has 30 heavy (non-hydrogen) atoms. The van der Waals surface area contributed by atoms with Crippen LogP contribution in [0.4, 0.5) is 0 Å². The number of carbonyl (C=O) groups excluding carboxylic acids is 3. The van der Waals surface area contributed by atoms with Crippen LogP contribution in [-0.4, -0.2) is 87.9 Å². The van der Waals surface area contributed by atoms with Crippen LogP contribution >= 0.6 is 11.8 Å². The number of rotatable bonds is 14. The molecule has 6 unspecified atom stereocenters. The lowest BCUT2D eigenvalue weighted by molar-refractivity contribution is -0.144. The molecule has 0 aliphatic heterocycles. The van der Waals surface area contributed by atoms with Gasteiger partial charge in [0, 0.05) is 0 Å². The number of carbonyl (C=O) groups is 4. The van der Waals surface area contributed by atoms with Gasteiger partial charge in [0.15, 0.2) is 0 Å². The van der Waals surface area contributed by atoms with E-state index in [0.29, 0.717) is 12.2 Å². The van der Waals surface area contributed by atoms with Crippen molar-refractivity contribution in [3.05, 3.63) is 0 Å². The SMILES string of the molecule is CCC(C)C(NC(=O)C(NC(=O)C(CCSC)NC(=O)C(N)CO)C(C)O)C(=O)O. The zero-order valence-corrected chi connectivity index (χ0v) is 18.6. The van der Waals surface area contributed by atoms with Gasteiger partial charge in [0.05, 0.1) is 12.7 Å². The second kappa shape index (κ2) is 14.2. The lowest BCUT2D eigenvalue weighted by Crippen LogP contribution is -2.60.